The van der Waals surface area contributed by atoms with Gasteiger partial charge in [-0.3, -0.25) is 4.79 Å². The topological polar surface area (TPSA) is 118 Å². The molecule has 1 saturated heterocycles. The highest BCUT2D eigenvalue weighted by molar-refractivity contribution is 7.99. The molecule has 3 aromatic heterocycles. The van der Waals surface area contributed by atoms with Gasteiger partial charge in [0, 0.05) is 36.0 Å². The van der Waals surface area contributed by atoms with E-state index in [1.165, 1.54) is 11.8 Å². The van der Waals surface area contributed by atoms with Crippen molar-refractivity contribution < 1.29 is 22.7 Å². The van der Waals surface area contributed by atoms with Crippen LogP contribution in [0.3, 0.4) is 0 Å². The lowest BCUT2D eigenvalue weighted by Gasteiger charge is -2.36. The molecule has 9 nitrogen and oxygen atoms in total. The first-order valence-corrected chi connectivity index (χ1v) is 14.3. The molecule has 0 radical (unpaired) electrons. The summed E-state index contributed by atoms with van der Waals surface area (Å²) in [6.07, 6.45) is -3.32. The molecule has 1 atom stereocenters. The fourth-order valence-electron chi connectivity index (χ4n) is 4.19. The Balaban J connectivity index is 1.47. The van der Waals surface area contributed by atoms with Gasteiger partial charge < -0.3 is 26.0 Å². The predicted octanol–water partition coefficient (Wildman–Crippen LogP) is 4.63. The molecule has 0 aromatic carbocycles. The van der Waals surface area contributed by atoms with Crippen LogP contribution < -0.4 is 16.4 Å². The number of aryl methyl sites for hydroxylation is 1. The van der Waals surface area contributed by atoms with E-state index < -0.39 is 11.7 Å². The molecule has 39 heavy (non-hydrogen) atoms. The van der Waals surface area contributed by atoms with Crippen LogP contribution in [0.1, 0.15) is 34.8 Å². The number of nitrogens with one attached hydrogen (secondary N) is 2. The first-order chi connectivity index (χ1) is 18.6. The number of hydrogen-bond donors (Lipinski definition) is 3. The smallest absolute Gasteiger partial charge is 0.377 e. The second kappa shape index (κ2) is 11.3. The van der Waals surface area contributed by atoms with E-state index in [9.17, 15) is 18.0 Å². The van der Waals surface area contributed by atoms with Gasteiger partial charge in [-0.05, 0) is 31.5 Å². The van der Waals surface area contributed by atoms with Crippen LogP contribution in [0.5, 0.6) is 0 Å². The number of hydrogen-bond acceptors (Lipinski definition) is 10. The molecule has 2 aliphatic rings. The maximum Gasteiger partial charge on any atom is 0.420 e. The molecule has 4 N–H and O–H groups in total. The third-order valence-corrected chi connectivity index (χ3v) is 8.57. The number of nitrogens with two attached hydrogens (primary N) is 1. The Labute approximate surface area is 231 Å². The van der Waals surface area contributed by atoms with E-state index in [0.29, 0.717) is 65.4 Å². The molecule has 208 valence electrons. The first kappa shape index (κ1) is 27.6. The summed E-state index contributed by atoms with van der Waals surface area (Å²) in [7, 11) is 0. The maximum absolute atomic E-state index is 14.0. The van der Waals surface area contributed by atoms with Gasteiger partial charge in [-0.1, -0.05) is 6.92 Å². The number of halogens is 3. The van der Waals surface area contributed by atoms with Crippen LogP contribution in [0.4, 0.5) is 30.6 Å². The number of thiophene rings is 1. The molecule has 0 aliphatic carbocycles. The fraction of sp³-hybridized carbons (Fsp3) is 0.440. The van der Waals surface area contributed by atoms with Gasteiger partial charge in [0.2, 0.25) is 5.95 Å². The number of carbonyl (C=O) groups excluding carboxylic acids is 1. The molecular formula is C25H28F3N7O2S2. The Bertz CT molecular complexity index is 1360. The minimum atomic E-state index is -4.68. The molecule has 1 amide bonds. The number of amides is 1. The van der Waals surface area contributed by atoms with Crippen LogP contribution in [0.2, 0.25) is 0 Å². The zero-order valence-corrected chi connectivity index (χ0v) is 23.0. The minimum absolute atomic E-state index is 0.00149. The second-order valence-corrected chi connectivity index (χ2v) is 11.5. The number of fused-ring (bicyclic) bond motifs is 1. The van der Waals surface area contributed by atoms with Gasteiger partial charge in [-0.15, -0.1) is 23.1 Å². The summed E-state index contributed by atoms with van der Waals surface area (Å²) < 4.78 is 47.3. The van der Waals surface area contributed by atoms with Crippen LogP contribution in [0.25, 0.3) is 10.6 Å². The Kier molecular flexibility index (Phi) is 7.99. The normalized spacial score (nSPS) is 16.9. The zero-order valence-electron chi connectivity index (χ0n) is 21.3. The highest BCUT2D eigenvalue weighted by atomic mass is 32.2. The van der Waals surface area contributed by atoms with Gasteiger partial charge in [-0.2, -0.15) is 13.2 Å². The summed E-state index contributed by atoms with van der Waals surface area (Å²) in [6.45, 7) is 5.86. The van der Waals surface area contributed by atoms with E-state index in [0.717, 1.165) is 17.5 Å². The average Bonchev–Trinajstić information content (AvgIpc) is 3.23. The van der Waals surface area contributed by atoms with Crippen molar-refractivity contribution in [2.75, 3.05) is 42.7 Å². The number of carbonyl (C=O) groups is 1. The van der Waals surface area contributed by atoms with Crippen LogP contribution in [0, 0.1) is 0 Å². The van der Waals surface area contributed by atoms with Gasteiger partial charge >= 0.3 is 6.18 Å². The van der Waals surface area contributed by atoms with E-state index in [2.05, 4.69) is 25.6 Å². The average molecular weight is 580 g/mol. The molecule has 0 saturated carbocycles. The summed E-state index contributed by atoms with van der Waals surface area (Å²) in [5.41, 5.74) is 5.84. The van der Waals surface area contributed by atoms with Crippen molar-refractivity contribution in [2.45, 2.75) is 43.4 Å². The van der Waals surface area contributed by atoms with Crippen molar-refractivity contribution in [3.63, 3.8) is 0 Å². The molecule has 0 bridgehead atoms. The Hall–Kier alpha value is -2.94. The molecule has 2 aliphatic heterocycles. The number of anilines is 3. The van der Waals surface area contributed by atoms with Crippen molar-refractivity contribution >= 4 is 46.5 Å². The highest BCUT2D eigenvalue weighted by Crippen LogP contribution is 2.43. The number of pyridine rings is 1. The first-order valence-electron chi connectivity index (χ1n) is 12.5. The molecule has 1 unspecified atom stereocenters. The highest BCUT2D eigenvalue weighted by Gasteiger charge is 2.38. The van der Waals surface area contributed by atoms with Gasteiger partial charge in [0.15, 0.2) is 0 Å². The van der Waals surface area contributed by atoms with E-state index in [1.807, 2.05) is 13.8 Å². The fourth-order valence-corrected chi connectivity index (χ4v) is 6.51. The van der Waals surface area contributed by atoms with Crippen LogP contribution >= 0.6 is 23.1 Å². The second-order valence-electron chi connectivity index (χ2n) is 9.32. The number of ether oxygens (including phenoxy) is 1. The van der Waals surface area contributed by atoms with Gasteiger partial charge in [0.1, 0.15) is 16.3 Å². The number of rotatable bonds is 8. The standard InChI is InChI=1S/C25H28F3N7O2S2/c1-3-16-17(4-5-20(32-16)30-9-13(2)29)33-24-31-10-15(25(26,27)28)21(34-24)18-8-19-22(39-18)23(36)35(6-7-38-19)14-11-37-12-14/h4-5,8,10,13-14H,3,6-7,9,11-12,29H2,1-2H3,(H,30,32)(H,31,33,34). The molecule has 0 spiro atoms. The lowest BCUT2D eigenvalue weighted by Crippen LogP contribution is -2.52. The van der Waals surface area contributed by atoms with Gasteiger partial charge in [-0.25, -0.2) is 15.0 Å². The Morgan fingerprint density at radius 3 is 2.74 bits per heavy atom. The summed E-state index contributed by atoms with van der Waals surface area (Å²) in [4.78, 5) is 29.2. The van der Waals surface area contributed by atoms with Crippen LogP contribution in [-0.2, 0) is 17.3 Å². The van der Waals surface area contributed by atoms with E-state index in [1.54, 1.807) is 23.1 Å². The quantitative estimate of drug-likeness (QED) is 0.351. The lowest BCUT2D eigenvalue weighted by molar-refractivity contribution is -0.137. The summed E-state index contributed by atoms with van der Waals surface area (Å²) in [6, 6.07) is 5.11. The third-order valence-electron chi connectivity index (χ3n) is 6.29. The SMILES string of the molecule is CCc1nc(NCC(C)N)ccc1Nc1ncc(C(F)(F)F)c(-c2cc3c(s2)C(=O)N(C2COC2)CCS3)n1. The van der Waals surface area contributed by atoms with Crippen LogP contribution in [0.15, 0.2) is 29.3 Å². The Morgan fingerprint density at radius 2 is 2.08 bits per heavy atom. The summed E-state index contributed by atoms with van der Waals surface area (Å²) in [5, 5.41) is 6.18. The molecular weight excluding hydrogens is 551 g/mol. The lowest BCUT2D eigenvalue weighted by atomic mass is 10.2. The van der Waals surface area contributed by atoms with Crippen LogP contribution in [-0.4, -0.2) is 69.9 Å². The Morgan fingerprint density at radius 1 is 1.28 bits per heavy atom. The maximum atomic E-state index is 14.0. The van der Waals surface area contributed by atoms with Crippen molar-refractivity contribution in [3.05, 3.63) is 40.5 Å². The van der Waals surface area contributed by atoms with E-state index in [-0.39, 0.29) is 34.5 Å². The van der Waals surface area contributed by atoms with Crippen molar-refractivity contribution in [1.82, 2.24) is 19.9 Å². The third kappa shape index (κ3) is 5.98. The predicted molar refractivity (Wildman–Crippen MR) is 146 cm³/mol. The summed E-state index contributed by atoms with van der Waals surface area (Å²) in [5.74, 6) is 1.11. The summed E-state index contributed by atoms with van der Waals surface area (Å²) >= 11 is 2.49. The number of alkyl halides is 3. The molecule has 3 aromatic rings. The van der Waals surface area contributed by atoms with Crippen molar-refractivity contribution in [3.8, 4) is 10.6 Å². The number of thioether (sulfide) groups is 1. The zero-order chi connectivity index (χ0) is 27.7. The molecule has 5 rings (SSSR count). The number of aromatic nitrogens is 3. The van der Waals surface area contributed by atoms with Gasteiger partial charge in [0.25, 0.3) is 5.91 Å². The van der Waals surface area contributed by atoms with Crippen molar-refractivity contribution in [1.29, 1.82) is 0 Å². The number of nitrogens with zero attached hydrogens (tertiary/aromatic N) is 4. The monoisotopic (exact) mass is 579 g/mol. The molecule has 1 fully saturated rings. The minimum Gasteiger partial charge on any atom is -0.377 e. The van der Waals surface area contributed by atoms with E-state index >= 15 is 0 Å². The molecule has 14 heteroatoms. The molecule has 5 heterocycles. The van der Waals surface area contributed by atoms with Crippen molar-refractivity contribution in [2.24, 2.45) is 5.73 Å². The van der Waals surface area contributed by atoms with Gasteiger partial charge in [0.05, 0.1) is 41.2 Å². The largest absolute Gasteiger partial charge is 0.420 e. The van der Waals surface area contributed by atoms with E-state index in [4.69, 9.17) is 10.5 Å².